The highest BCUT2D eigenvalue weighted by Gasteiger charge is 2.23. The van der Waals surface area contributed by atoms with Gasteiger partial charge < -0.3 is 15.0 Å². The summed E-state index contributed by atoms with van der Waals surface area (Å²) >= 11 is 0. The van der Waals surface area contributed by atoms with Gasteiger partial charge in [-0.05, 0) is 23.6 Å². The molecule has 9 heteroatoms. The first-order valence-electron chi connectivity index (χ1n) is 7.27. The third-order valence-electron chi connectivity index (χ3n) is 3.93. The Morgan fingerprint density at radius 3 is 2.65 bits per heavy atom. The molecule has 3 aromatic rings. The van der Waals surface area contributed by atoms with E-state index < -0.39 is 16.1 Å². The average molecular weight is 371 g/mol. The molecule has 0 spiro atoms. The smallest absolute Gasteiger partial charge is 0.357 e. The lowest BCUT2D eigenvalue weighted by molar-refractivity contribution is 0.0593. The van der Waals surface area contributed by atoms with Crippen molar-refractivity contribution in [3.63, 3.8) is 0 Å². The Morgan fingerprint density at radius 1 is 1.31 bits per heavy atom. The summed E-state index contributed by atoms with van der Waals surface area (Å²) in [5.41, 5.74) is 6.29. The van der Waals surface area contributed by atoms with E-state index in [2.05, 4.69) is 0 Å². The highest BCUT2D eigenvalue weighted by Crippen LogP contribution is 2.30. The lowest BCUT2D eigenvalue weighted by atomic mass is 10.1. The van der Waals surface area contributed by atoms with Crippen LogP contribution in [-0.4, -0.2) is 30.6 Å². The van der Waals surface area contributed by atoms with Crippen molar-refractivity contribution in [2.75, 3.05) is 12.8 Å². The number of anilines is 1. The van der Waals surface area contributed by atoms with Crippen LogP contribution in [0, 0.1) is 11.3 Å². The monoisotopic (exact) mass is 371 g/mol. The summed E-state index contributed by atoms with van der Waals surface area (Å²) in [5, 5.41) is 10.3. The first-order chi connectivity index (χ1) is 12.3. The molecule has 0 aliphatic heterocycles. The maximum atomic E-state index is 12.2. The van der Waals surface area contributed by atoms with Gasteiger partial charge in [-0.3, -0.25) is 4.55 Å². The highest BCUT2D eigenvalue weighted by atomic mass is 32.2. The van der Waals surface area contributed by atoms with Crippen molar-refractivity contribution in [1.82, 2.24) is 4.57 Å². The number of esters is 1. The van der Waals surface area contributed by atoms with Crippen molar-refractivity contribution in [3.05, 3.63) is 53.9 Å². The fraction of sp³-hybridized carbons (Fsp3) is 0.0588. The van der Waals surface area contributed by atoms with Gasteiger partial charge in [-0.25, -0.2) is 4.79 Å². The molecule has 26 heavy (non-hydrogen) atoms. The zero-order valence-electron chi connectivity index (χ0n) is 13.5. The van der Waals surface area contributed by atoms with E-state index in [4.69, 9.17) is 10.5 Å². The van der Waals surface area contributed by atoms with E-state index in [9.17, 15) is 23.0 Å². The summed E-state index contributed by atoms with van der Waals surface area (Å²) < 4.78 is 38.3. The molecule has 0 saturated heterocycles. The molecular formula is C17H13N3O5S. The quantitative estimate of drug-likeness (QED) is 0.531. The van der Waals surface area contributed by atoms with E-state index in [1.165, 1.54) is 36.1 Å². The van der Waals surface area contributed by atoms with Gasteiger partial charge in [-0.15, -0.1) is 0 Å². The lowest BCUT2D eigenvalue weighted by Crippen LogP contribution is -2.11. The van der Waals surface area contributed by atoms with Crippen LogP contribution >= 0.6 is 0 Å². The van der Waals surface area contributed by atoms with Gasteiger partial charge in [0, 0.05) is 11.6 Å². The van der Waals surface area contributed by atoms with Gasteiger partial charge in [0.2, 0.25) is 0 Å². The summed E-state index contributed by atoms with van der Waals surface area (Å²) in [6.45, 7) is 0. The van der Waals surface area contributed by atoms with Crippen molar-refractivity contribution in [3.8, 4) is 11.8 Å². The molecule has 3 rings (SSSR count). The Kier molecular flexibility index (Phi) is 4.15. The lowest BCUT2D eigenvalue weighted by Gasteiger charge is -2.12. The molecule has 0 unspecified atom stereocenters. The molecule has 8 nitrogen and oxygen atoms in total. The number of hydrogen-bond donors (Lipinski definition) is 2. The number of carbonyl (C=O) groups is 1. The van der Waals surface area contributed by atoms with E-state index in [0.29, 0.717) is 16.5 Å². The van der Waals surface area contributed by atoms with E-state index in [-0.39, 0.29) is 21.8 Å². The van der Waals surface area contributed by atoms with Crippen molar-refractivity contribution in [2.45, 2.75) is 4.90 Å². The number of aromatic nitrogens is 1. The van der Waals surface area contributed by atoms with Crippen LogP contribution in [0.2, 0.25) is 0 Å². The number of nitrogen functional groups attached to an aromatic ring is 1. The minimum absolute atomic E-state index is 0.0395. The molecule has 2 aromatic carbocycles. The fourth-order valence-corrected chi connectivity index (χ4v) is 3.22. The number of benzene rings is 2. The van der Waals surface area contributed by atoms with Gasteiger partial charge in [0.15, 0.2) is 5.69 Å². The Morgan fingerprint density at radius 2 is 2.04 bits per heavy atom. The number of carbonyl (C=O) groups excluding carboxylic acids is 1. The Labute approximate surface area is 148 Å². The second-order valence-electron chi connectivity index (χ2n) is 5.41. The minimum Gasteiger partial charge on any atom is -0.464 e. The van der Waals surface area contributed by atoms with Crippen molar-refractivity contribution < 1.29 is 22.5 Å². The summed E-state index contributed by atoms with van der Waals surface area (Å²) in [5.74, 6) is -0.744. The molecule has 0 aliphatic carbocycles. The third kappa shape index (κ3) is 2.77. The number of nitrogens with two attached hydrogens (primary N) is 1. The molecule has 0 amide bonds. The number of nitrogens with zero attached hydrogens (tertiary/aromatic N) is 2. The van der Waals surface area contributed by atoms with E-state index in [1.807, 2.05) is 6.07 Å². The number of fused-ring (bicyclic) bond motifs is 1. The topological polar surface area (TPSA) is 135 Å². The largest absolute Gasteiger partial charge is 0.464 e. The zero-order chi connectivity index (χ0) is 19.1. The van der Waals surface area contributed by atoms with Crippen LogP contribution in [0.15, 0.2) is 47.5 Å². The SMILES string of the molecule is COC(=O)c1c(N)c(C#N)cn1-c1cccc2ccc(S(=O)(=O)O)cc12. The first-order valence-corrected chi connectivity index (χ1v) is 8.72. The molecule has 0 atom stereocenters. The number of nitriles is 1. The van der Waals surface area contributed by atoms with Crippen LogP contribution in [0.1, 0.15) is 16.1 Å². The molecule has 0 saturated carbocycles. The summed E-state index contributed by atoms with van der Waals surface area (Å²) in [6.07, 6.45) is 1.37. The standard InChI is InChI=1S/C17H13N3O5S/c1-25-17(21)16-15(19)11(8-18)9-20(16)14-4-2-3-10-5-6-12(7-13(10)14)26(22,23)24/h2-7,9H,19H2,1H3,(H,22,23,24). The molecular weight excluding hydrogens is 358 g/mol. The Bertz CT molecular complexity index is 1190. The number of hydrogen-bond acceptors (Lipinski definition) is 6. The second-order valence-corrected chi connectivity index (χ2v) is 6.84. The maximum absolute atomic E-state index is 12.2. The summed E-state index contributed by atoms with van der Waals surface area (Å²) in [6, 6.07) is 11.0. The van der Waals surface area contributed by atoms with Gasteiger partial charge in [-0.2, -0.15) is 13.7 Å². The maximum Gasteiger partial charge on any atom is 0.357 e. The van der Waals surface area contributed by atoms with E-state index in [0.717, 1.165) is 0 Å². The number of rotatable bonds is 3. The zero-order valence-corrected chi connectivity index (χ0v) is 14.3. The van der Waals surface area contributed by atoms with Gasteiger partial charge in [0.05, 0.1) is 28.9 Å². The normalized spacial score (nSPS) is 11.3. The summed E-state index contributed by atoms with van der Waals surface area (Å²) in [7, 11) is -3.22. The van der Waals surface area contributed by atoms with Crippen molar-refractivity contribution in [2.24, 2.45) is 0 Å². The van der Waals surface area contributed by atoms with E-state index >= 15 is 0 Å². The first kappa shape index (κ1) is 17.5. The molecule has 0 bridgehead atoms. The highest BCUT2D eigenvalue weighted by molar-refractivity contribution is 7.85. The molecule has 1 aromatic heterocycles. The van der Waals surface area contributed by atoms with Crippen molar-refractivity contribution in [1.29, 1.82) is 5.26 Å². The number of ether oxygens (including phenoxy) is 1. The van der Waals surface area contributed by atoms with Crippen LogP contribution < -0.4 is 5.73 Å². The van der Waals surface area contributed by atoms with E-state index in [1.54, 1.807) is 18.2 Å². The van der Waals surface area contributed by atoms with Gasteiger partial charge in [-0.1, -0.05) is 18.2 Å². The second kappa shape index (κ2) is 6.18. The van der Waals surface area contributed by atoms with Gasteiger partial charge in [0.25, 0.3) is 10.1 Å². The molecule has 0 fully saturated rings. The number of methoxy groups -OCH3 is 1. The Hall–Kier alpha value is -3.35. The summed E-state index contributed by atoms with van der Waals surface area (Å²) in [4.78, 5) is 11.9. The van der Waals surface area contributed by atoms with Crippen LogP contribution in [0.25, 0.3) is 16.5 Å². The van der Waals surface area contributed by atoms with Crippen molar-refractivity contribution >= 4 is 32.5 Å². The average Bonchev–Trinajstić information content (AvgIpc) is 2.95. The molecule has 0 aliphatic rings. The van der Waals surface area contributed by atoms with Gasteiger partial charge in [0.1, 0.15) is 6.07 Å². The van der Waals surface area contributed by atoms with Crippen LogP contribution in [-0.2, 0) is 14.9 Å². The molecule has 132 valence electrons. The minimum atomic E-state index is -4.41. The fourth-order valence-electron chi connectivity index (χ4n) is 2.71. The Balaban J connectivity index is 2.40. The molecule has 3 N–H and O–H groups in total. The van der Waals surface area contributed by atoms with Crippen LogP contribution in [0.3, 0.4) is 0 Å². The predicted molar refractivity (Wildman–Crippen MR) is 93.6 cm³/mol. The molecule has 0 radical (unpaired) electrons. The third-order valence-corrected chi connectivity index (χ3v) is 4.78. The van der Waals surface area contributed by atoms with Crippen LogP contribution in [0.4, 0.5) is 5.69 Å². The molecule has 1 heterocycles. The van der Waals surface area contributed by atoms with Crippen LogP contribution in [0.5, 0.6) is 0 Å². The van der Waals surface area contributed by atoms with Gasteiger partial charge >= 0.3 is 5.97 Å². The predicted octanol–water partition coefficient (Wildman–Crippen LogP) is 2.12.